The fourth-order valence-corrected chi connectivity index (χ4v) is 7.76. The monoisotopic (exact) mass is 798 g/mol. The van der Waals surface area contributed by atoms with Crippen LogP contribution in [0.4, 0.5) is 10.5 Å². The molecular formula is C40H39ClN6O10. The minimum atomic E-state index is -0.896. The number of aryl methyl sites for hydroxylation is 3. The number of ether oxygens (including phenoxy) is 2. The van der Waals surface area contributed by atoms with Crippen molar-refractivity contribution < 1.29 is 32.7 Å². The van der Waals surface area contributed by atoms with E-state index in [0.29, 0.717) is 70.2 Å². The SMILES string of the molecule is COc1nc(-c2cccc(-c3cccc(NC(=O)c4cn(C)c(=O)n(C)c4=O)c3C)c2Cl)cc2c1[C@H](N(CC1CCC(=O)N1)C(=O)OCc1oc(=O)oc1C)CC2. The molecule has 1 aliphatic heterocycles. The van der Waals surface area contributed by atoms with Crippen LogP contribution in [0.5, 0.6) is 5.88 Å². The summed E-state index contributed by atoms with van der Waals surface area (Å²) in [5.74, 6) is -1.07. The number of amides is 3. The van der Waals surface area contributed by atoms with Gasteiger partial charge in [0.2, 0.25) is 11.8 Å². The van der Waals surface area contributed by atoms with Gasteiger partial charge in [-0.25, -0.2) is 19.4 Å². The lowest BCUT2D eigenvalue weighted by Gasteiger charge is -2.31. The standard InChI is InChI=1S/C40H39ClN6O10/c1-20-24(8-7-11-28(20)43-35(49)27-18-45(3)38(51)46(4)37(27)50)25-9-6-10-26(34(25)41)29-16-22-12-14-30(33(22)36(44-29)54-5)47(17-23-13-15-32(48)42-23)39(52)55-19-31-21(2)56-40(53)57-31/h6-11,16,18,23,30H,12-15,17,19H2,1-5H3,(H,42,48)(H,43,49)/t23?,30-/m1/s1. The molecule has 1 fully saturated rings. The van der Waals surface area contributed by atoms with Gasteiger partial charge in [0, 0.05) is 61.7 Å². The molecule has 4 heterocycles. The highest BCUT2D eigenvalue weighted by Gasteiger charge is 2.38. The number of carbonyl (C=O) groups is 3. The number of hydrogen-bond acceptors (Lipinski definition) is 11. The van der Waals surface area contributed by atoms with Crippen molar-refractivity contribution in [1.29, 1.82) is 0 Å². The molecule has 0 bridgehead atoms. The summed E-state index contributed by atoms with van der Waals surface area (Å²) in [4.78, 5) is 82.0. The highest BCUT2D eigenvalue weighted by Crippen LogP contribution is 2.45. The van der Waals surface area contributed by atoms with E-state index in [0.717, 1.165) is 15.7 Å². The van der Waals surface area contributed by atoms with Gasteiger partial charge in [0.25, 0.3) is 11.5 Å². The van der Waals surface area contributed by atoms with Gasteiger partial charge in [-0.15, -0.1) is 0 Å². The Morgan fingerprint density at radius 1 is 1.02 bits per heavy atom. The second kappa shape index (κ2) is 15.6. The zero-order valence-electron chi connectivity index (χ0n) is 31.8. The summed E-state index contributed by atoms with van der Waals surface area (Å²) in [6, 6.07) is 12.0. The number of rotatable bonds is 10. The number of aromatic nitrogens is 3. The fraction of sp³-hybridized carbons (Fsp3) is 0.325. The highest BCUT2D eigenvalue weighted by molar-refractivity contribution is 6.36. The first-order valence-electron chi connectivity index (χ1n) is 18.1. The smallest absolute Gasteiger partial charge is 0.481 e. The Bertz CT molecular complexity index is 2620. The maximum atomic E-state index is 13.8. The van der Waals surface area contributed by atoms with Gasteiger partial charge in [-0.2, -0.15) is 0 Å². The third-order valence-electron chi connectivity index (χ3n) is 10.4. The molecular weight excluding hydrogens is 760 g/mol. The van der Waals surface area contributed by atoms with Crippen molar-refractivity contribution in [2.45, 2.75) is 58.2 Å². The van der Waals surface area contributed by atoms with E-state index in [1.165, 1.54) is 38.9 Å². The van der Waals surface area contributed by atoms with Crippen molar-refractivity contribution in [2.75, 3.05) is 19.0 Å². The van der Waals surface area contributed by atoms with Gasteiger partial charge in [0.1, 0.15) is 5.56 Å². The quantitative estimate of drug-likeness (QED) is 0.197. The lowest BCUT2D eigenvalue weighted by molar-refractivity contribution is -0.119. The summed E-state index contributed by atoms with van der Waals surface area (Å²) in [7, 11) is 4.27. The lowest BCUT2D eigenvalue weighted by atomic mass is 9.96. The topological polar surface area (TPSA) is 197 Å². The average Bonchev–Trinajstić information content (AvgIpc) is 3.90. The van der Waals surface area contributed by atoms with E-state index in [4.69, 9.17) is 34.9 Å². The minimum absolute atomic E-state index is 0.0948. The van der Waals surface area contributed by atoms with E-state index in [2.05, 4.69) is 10.6 Å². The van der Waals surface area contributed by atoms with Crippen LogP contribution in [0.15, 0.2) is 71.9 Å². The van der Waals surface area contributed by atoms with Crippen LogP contribution in [0.25, 0.3) is 22.4 Å². The first kappa shape index (κ1) is 38.8. The van der Waals surface area contributed by atoms with Crippen molar-refractivity contribution in [3.63, 3.8) is 0 Å². The van der Waals surface area contributed by atoms with Gasteiger partial charge in [-0.3, -0.25) is 23.9 Å². The highest BCUT2D eigenvalue weighted by atomic mass is 35.5. The number of carbonyl (C=O) groups excluding carboxylic acids is 3. The molecule has 296 valence electrons. The maximum Gasteiger partial charge on any atom is 0.519 e. The fourth-order valence-electron chi connectivity index (χ4n) is 7.44. The van der Waals surface area contributed by atoms with Gasteiger partial charge >= 0.3 is 17.6 Å². The van der Waals surface area contributed by atoms with Crippen molar-refractivity contribution >= 4 is 35.2 Å². The number of benzene rings is 2. The summed E-state index contributed by atoms with van der Waals surface area (Å²) in [6.07, 6.45) is 2.51. The number of hydrogen-bond donors (Lipinski definition) is 2. The molecule has 2 aromatic carbocycles. The van der Waals surface area contributed by atoms with Crippen LogP contribution >= 0.6 is 11.6 Å². The van der Waals surface area contributed by atoms with E-state index >= 15 is 0 Å². The molecule has 7 rings (SSSR count). The van der Waals surface area contributed by atoms with Crippen LogP contribution in [0, 0.1) is 13.8 Å². The molecule has 2 atom stereocenters. The molecule has 2 aliphatic rings. The molecule has 2 N–H and O–H groups in total. The normalized spacial score (nSPS) is 15.9. The van der Waals surface area contributed by atoms with E-state index < -0.39 is 35.1 Å². The molecule has 57 heavy (non-hydrogen) atoms. The zero-order chi connectivity index (χ0) is 40.7. The molecule has 17 heteroatoms. The zero-order valence-corrected chi connectivity index (χ0v) is 32.5. The van der Waals surface area contributed by atoms with Crippen LogP contribution in [-0.4, -0.2) is 56.6 Å². The predicted molar refractivity (Wildman–Crippen MR) is 207 cm³/mol. The summed E-state index contributed by atoms with van der Waals surface area (Å²) in [5.41, 5.74) is 3.81. The molecule has 0 saturated carbocycles. The molecule has 3 aromatic heterocycles. The largest absolute Gasteiger partial charge is 0.519 e. The summed E-state index contributed by atoms with van der Waals surface area (Å²) >= 11 is 7.16. The predicted octanol–water partition coefficient (Wildman–Crippen LogP) is 4.80. The van der Waals surface area contributed by atoms with Gasteiger partial charge in [-0.05, 0) is 61.9 Å². The molecule has 3 amide bonds. The van der Waals surface area contributed by atoms with Crippen molar-refractivity contribution in [2.24, 2.45) is 14.1 Å². The van der Waals surface area contributed by atoms with Crippen LogP contribution in [0.2, 0.25) is 5.02 Å². The average molecular weight is 799 g/mol. The number of halogens is 1. The summed E-state index contributed by atoms with van der Waals surface area (Å²) in [5, 5.41) is 6.12. The second-order valence-electron chi connectivity index (χ2n) is 14.0. The third-order valence-corrected chi connectivity index (χ3v) is 10.8. The third kappa shape index (κ3) is 7.47. The van der Waals surface area contributed by atoms with Crippen molar-refractivity contribution in [1.82, 2.24) is 24.3 Å². The second-order valence-corrected chi connectivity index (χ2v) is 14.4. The number of anilines is 1. The molecule has 0 spiro atoms. The maximum absolute atomic E-state index is 13.8. The molecule has 1 aliphatic carbocycles. The Morgan fingerprint density at radius 2 is 1.75 bits per heavy atom. The Labute approximate surface area is 330 Å². The van der Waals surface area contributed by atoms with Crippen LogP contribution in [0.1, 0.15) is 63.9 Å². The summed E-state index contributed by atoms with van der Waals surface area (Å²) in [6.45, 7) is 3.20. The Morgan fingerprint density at radius 3 is 2.46 bits per heavy atom. The van der Waals surface area contributed by atoms with Gasteiger partial charge in [0.15, 0.2) is 18.1 Å². The van der Waals surface area contributed by atoms with Gasteiger partial charge in [-0.1, -0.05) is 41.9 Å². The van der Waals surface area contributed by atoms with E-state index in [1.54, 1.807) is 17.0 Å². The van der Waals surface area contributed by atoms with E-state index in [1.807, 2.05) is 37.3 Å². The molecule has 16 nitrogen and oxygen atoms in total. The number of methoxy groups -OCH3 is 1. The molecule has 1 saturated heterocycles. The van der Waals surface area contributed by atoms with Crippen LogP contribution < -0.4 is 32.4 Å². The van der Waals surface area contributed by atoms with Gasteiger partial charge in [0.05, 0.1) is 23.9 Å². The Balaban J connectivity index is 1.19. The minimum Gasteiger partial charge on any atom is -0.481 e. The van der Waals surface area contributed by atoms with Crippen molar-refractivity contribution in [3.8, 4) is 28.3 Å². The van der Waals surface area contributed by atoms with Crippen LogP contribution in [-0.2, 0) is 36.7 Å². The first-order valence-corrected chi connectivity index (χ1v) is 18.5. The molecule has 0 radical (unpaired) electrons. The number of fused-ring (bicyclic) bond motifs is 1. The van der Waals surface area contributed by atoms with E-state index in [9.17, 15) is 28.8 Å². The number of nitrogens with zero attached hydrogens (tertiary/aromatic N) is 4. The van der Waals surface area contributed by atoms with Crippen molar-refractivity contribution in [3.05, 3.63) is 119 Å². The van der Waals surface area contributed by atoms with Crippen LogP contribution in [0.3, 0.4) is 0 Å². The van der Waals surface area contributed by atoms with Gasteiger partial charge < -0.3 is 33.5 Å². The molecule has 1 unspecified atom stereocenters. The number of pyridine rings is 1. The lowest BCUT2D eigenvalue weighted by Crippen LogP contribution is -2.43. The number of nitrogens with one attached hydrogen (secondary N) is 2. The summed E-state index contributed by atoms with van der Waals surface area (Å²) < 4.78 is 23.4. The van der Waals surface area contributed by atoms with E-state index in [-0.39, 0.29) is 42.2 Å². The first-order chi connectivity index (χ1) is 27.2. The Hall–Kier alpha value is -6.42. The molecule has 5 aromatic rings. The Kier molecular flexibility index (Phi) is 10.6.